The number of rotatable bonds is 9. The molecule has 0 fully saturated rings. The topological polar surface area (TPSA) is 109 Å². The minimum absolute atomic E-state index is 0.276. The number of carbonyl (C=O) groups excluding carboxylic acids is 1. The van der Waals surface area contributed by atoms with E-state index in [-0.39, 0.29) is 6.61 Å². The van der Waals surface area contributed by atoms with E-state index < -0.39 is 5.91 Å². The zero-order chi connectivity index (χ0) is 26.2. The van der Waals surface area contributed by atoms with Crippen molar-refractivity contribution in [2.45, 2.75) is 13.5 Å². The Morgan fingerprint density at radius 3 is 2.73 bits per heavy atom. The number of fused-ring (bicyclic) bond motifs is 1. The first kappa shape index (κ1) is 25.3. The summed E-state index contributed by atoms with van der Waals surface area (Å²) in [6.07, 6.45) is 4.36. The maximum Gasteiger partial charge on any atom is 0.256 e. The van der Waals surface area contributed by atoms with E-state index >= 15 is 0 Å². The van der Waals surface area contributed by atoms with E-state index in [0.717, 1.165) is 5.69 Å². The normalized spacial score (nSPS) is 10.2. The molecule has 1 amide bonds. The number of benzene rings is 2. The predicted molar refractivity (Wildman–Crippen MR) is 143 cm³/mol. The summed E-state index contributed by atoms with van der Waals surface area (Å²) in [4.78, 5) is 20.8. The molecule has 2 N–H and O–H groups in total. The lowest BCUT2D eigenvalue weighted by molar-refractivity contribution is -0.111. The molecular formula is C28H22ClN5O3. The van der Waals surface area contributed by atoms with Crippen molar-refractivity contribution >= 4 is 45.5 Å². The van der Waals surface area contributed by atoms with Crippen molar-refractivity contribution in [3.63, 3.8) is 0 Å². The van der Waals surface area contributed by atoms with Crippen LogP contribution in [0.25, 0.3) is 10.9 Å². The average Bonchev–Trinajstić information content (AvgIpc) is 2.90. The molecule has 4 rings (SSSR count). The number of anilines is 3. The molecule has 9 heteroatoms. The number of hydrogen-bond acceptors (Lipinski definition) is 7. The maximum absolute atomic E-state index is 12.2. The second-order valence-corrected chi connectivity index (χ2v) is 8.08. The highest BCUT2D eigenvalue weighted by atomic mass is 35.5. The van der Waals surface area contributed by atoms with Crippen LogP contribution < -0.4 is 20.1 Å². The van der Waals surface area contributed by atoms with Crippen molar-refractivity contribution in [1.29, 1.82) is 5.26 Å². The predicted octanol–water partition coefficient (Wildman–Crippen LogP) is 6.16. The molecule has 4 aromatic rings. The number of nitrogens with zero attached hydrogens (tertiary/aromatic N) is 3. The molecule has 0 saturated heterocycles. The van der Waals surface area contributed by atoms with Crippen LogP contribution in [-0.4, -0.2) is 22.5 Å². The Kier molecular flexibility index (Phi) is 8.01. The molecule has 37 heavy (non-hydrogen) atoms. The van der Waals surface area contributed by atoms with E-state index in [1.54, 1.807) is 36.5 Å². The van der Waals surface area contributed by atoms with Gasteiger partial charge in [0.1, 0.15) is 24.2 Å². The summed E-state index contributed by atoms with van der Waals surface area (Å²) in [7, 11) is 0. The Morgan fingerprint density at radius 2 is 2.03 bits per heavy atom. The van der Waals surface area contributed by atoms with Crippen molar-refractivity contribution in [1.82, 2.24) is 9.97 Å². The molecule has 0 aliphatic heterocycles. The third kappa shape index (κ3) is 6.06. The van der Waals surface area contributed by atoms with Gasteiger partial charge >= 0.3 is 0 Å². The van der Waals surface area contributed by atoms with Gasteiger partial charge in [-0.2, -0.15) is 5.26 Å². The van der Waals surface area contributed by atoms with Crippen molar-refractivity contribution < 1.29 is 14.3 Å². The summed E-state index contributed by atoms with van der Waals surface area (Å²) in [5, 5.41) is 16.8. The monoisotopic (exact) mass is 511 g/mol. The fraction of sp³-hybridized carbons (Fsp3) is 0.107. The summed E-state index contributed by atoms with van der Waals surface area (Å²) >= 11 is 6.48. The summed E-state index contributed by atoms with van der Waals surface area (Å²) in [6.45, 7) is 5.93. The van der Waals surface area contributed by atoms with Crippen LogP contribution in [-0.2, 0) is 11.4 Å². The Bertz CT molecular complexity index is 1540. The average molecular weight is 512 g/mol. The van der Waals surface area contributed by atoms with E-state index in [0.29, 0.717) is 56.7 Å². The third-order valence-corrected chi connectivity index (χ3v) is 5.48. The molecule has 0 spiro atoms. The molecule has 2 heterocycles. The number of carbonyl (C=O) groups is 1. The van der Waals surface area contributed by atoms with Crippen LogP contribution in [0.1, 0.15) is 18.2 Å². The Balaban J connectivity index is 1.68. The fourth-order valence-corrected chi connectivity index (χ4v) is 3.78. The molecule has 2 aromatic heterocycles. The number of hydrogen-bond donors (Lipinski definition) is 2. The first-order chi connectivity index (χ1) is 18.0. The zero-order valence-corrected chi connectivity index (χ0v) is 20.7. The highest BCUT2D eigenvalue weighted by molar-refractivity contribution is 6.32. The summed E-state index contributed by atoms with van der Waals surface area (Å²) in [5.74, 6) is 0.531. The van der Waals surface area contributed by atoms with Gasteiger partial charge in [0.05, 0.1) is 39.8 Å². The van der Waals surface area contributed by atoms with E-state index in [1.165, 1.54) is 12.3 Å². The second kappa shape index (κ2) is 11.7. The van der Waals surface area contributed by atoms with Crippen molar-refractivity contribution in [3.8, 4) is 17.6 Å². The van der Waals surface area contributed by atoms with Crippen LogP contribution in [0.3, 0.4) is 0 Å². The molecule has 0 atom stereocenters. The van der Waals surface area contributed by atoms with E-state index in [9.17, 15) is 10.1 Å². The Labute approximate surface area is 218 Å². The highest BCUT2D eigenvalue weighted by Crippen LogP contribution is 2.37. The molecule has 0 unspecified atom stereocenters. The Morgan fingerprint density at radius 1 is 1.16 bits per heavy atom. The SMILES string of the molecule is C=C=CC(=O)Nc1cc2c(Nc3ccc(OCc4ccccn4)c(Cl)c3)c(C#N)cnc2cc1OCC. The quantitative estimate of drug-likeness (QED) is 0.205. The number of aromatic nitrogens is 2. The van der Waals surface area contributed by atoms with E-state index in [2.05, 4.69) is 39.0 Å². The molecule has 184 valence electrons. The lowest BCUT2D eigenvalue weighted by atomic mass is 10.1. The minimum Gasteiger partial charge on any atom is -0.492 e. The van der Waals surface area contributed by atoms with Gasteiger partial charge in [-0.25, -0.2) is 0 Å². The van der Waals surface area contributed by atoms with Crippen molar-refractivity contribution in [2.24, 2.45) is 0 Å². The lowest BCUT2D eigenvalue weighted by Gasteiger charge is -2.16. The number of nitriles is 1. The molecule has 8 nitrogen and oxygen atoms in total. The van der Waals surface area contributed by atoms with Gasteiger partial charge < -0.3 is 20.1 Å². The largest absolute Gasteiger partial charge is 0.492 e. The van der Waals surface area contributed by atoms with Gasteiger partial charge in [-0.1, -0.05) is 24.2 Å². The number of nitrogens with one attached hydrogen (secondary N) is 2. The van der Waals surface area contributed by atoms with E-state index in [4.69, 9.17) is 21.1 Å². The van der Waals surface area contributed by atoms with Crippen molar-refractivity contribution in [3.05, 3.63) is 95.6 Å². The zero-order valence-electron chi connectivity index (χ0n) is 19.9. The van der Waals surface area contributed by atoms with Gasteiger partial charge in [0.25, 0.3) is 5.91 Å². The molecule has 2 aromatic carbocycles. The molecule has 0 aliphatic carbocycles. The first-order valence-corrected chi connectivity index (χ1v) is 11.7. The number of pyridine rings is 2. The summed E-state index contributed by atoms with van der Waals surface area (Å²) in [6, 6.07) is 16.4. The molecule has 0 aliphatic rings. The lowest BCUT2D eigenvalue weighted by Crippen LogP contribution is -2.09. The fourth-order valence-electron chi connectivity index (χ4n) is 3.55. The van der Waals surface area contributed by atoms with Crippen molar-refractivity contribution in [2.75, 3.05) is 17.2 Å². The van der Waals surface area contributed by atoms with Gasteiger partial charge in [0, 0.05) is 35.6 Å². The highest BCUT2D eigenvalue weighted by Gasteiger charge is 2.16. The maximum atomic E-state index is 12.2. The van der Waals surface area contributed by atoms with E-state index in [1.807, 2.05) is 25.1 Å². The smallest absolute Gasteiger partial charge is 0.256 e. The minimum atomic E-state index is -0.415. The summed E-state index contributed by atoms with van der Waals surface area (Å²) < 4.78 is 11.5. The van der Waals surface area contributed by atoms with Gasteiger partial charge in [-0.15, -0.1) is 5.73 Å². The van der Waals surface area contributed by atoms with Crippen LogP contribution in [0.15, 0.2) is 79.3 Å². The molecule has 0 radical (unpaired) electrons. The third-order valence-electron chi connectivity index (χ3n) is 5.18. The van der Waals surface area contributed by atoms with Crippen LogP contribution in [0.4, 0.5) is 17.1 Å². The van der Waals surface area contributed by atoms with Gasteiger partial charge in [-0.05, 0) is 43.3 Å². The van der Waals surface area contributed by atoms with Gasteiger partial charge in [0.15, 0.2) is 0 Å². The van der Waals surface area contributed by atoms with Gasteiger partial charge in [-0.3, -0.25) is 14.8 Å². The number of amides is 1. The number of ether oxygens (including phenoxy) is 2. The van der Waals surface area contributed by atoms with Gasteiger partial charge in [0.2, 0.25) is 0 Å². The summed E-state index contributed by atoms with van der Waals surface area (Å²) in [5.41, 5.74) is 5.66. The van der Waals surface area contributed by atoms with Crippen LogP contribution in [0.5, 0.6) is 11.5 Å². The standard InChI is InChI=1S/C28H22ClN5O3/c1-3-7-27(35)34-24-13-21-23(14-26(24)36-4-2)32-16-18(15-30)28(21)33-19-9-10-25(22(29)12-19)37-17-20-8-5-6-11-31-20/h5-14,16H,1,4,17H2,2H3,(H,32,33)(H,34,35). The van der Waals surface area contributed by atoms with Crippen LogP contribution >= 0.6 is 11.6 Å². The second-order valence-electron chi connectivity index (χ2n) is 7.67. The molecule has 0 bridgehead atoms. The number of halogens is 1. The molecular weight excluding hydrogens is 490 g/mol. The van der Waals surface area contributed by atoms with Crippen LogP contribution in [0.2, 0.25) is 5.02 Å². The Hall–Kier alpha value is -4.83. The molecule has 0 saturated carbocycles. The first-order valence-electron chi connectivity index (χ1n) is 11.3. The van der Waals surface area contributed by atoms with Crippen LogP contribution in [0, 0.1) is 11.3 Å².